The van der Waals surface area contributed by atoms with E-state index in [4.69, 9.17) is 4.74 Å². The largest absolute Gasteiger partial charge is 0.490 e. The van der Waals surface area contributed by atoms with E-state index in [-0.39, 0.29) is 23.8 Å². The molecule has 3 aliphatic rings. The van der Waals surface area contributed by atoms with E-state index >= 15 is 0 Å². The van der Waals surface area contributed by atoms with E-state index in [2.05, 4.69) is 5.32 Å². The lowest BCUT2D eigenvalue weighted by Gasteiger charge is -2.51. The number of nitrogens with one attached hydrogen (secondary N) is 1. The number of ether oxygens (including phenoxy) is 1. The van der Waals surface area contributed by atoms with Crippen molar-refractivity contribution in [2.75, 3.05) is 5.32 Å². The third-order valence-electron chi connectivity index (χ3n) is 6.74. The molecule has 2 heterocycles. The van der Waals surface area contributed by atoms with Gasteiger partial charge in [-0.2, -0.15) is 0 Å². The van der Waals surface area contributed by atoms with E-state index in [9.17, 15) is 14.0 Å². The molecule has 1 N–H and O–H groups in total. The maximum atomic E-state index is 14.3. The van der Waals surface area contributed by atoms with Crippen molar-refractivity contribution in [3.05, 3.63) is 71.1 Å². The summed E-state index contributed by atoms with van der Waals surface area (Å²) in [5, 5.41) is 2.95. The minimum atomic E-state index is -1.07. The van der Waals surface area contributed by atoms with E-state index in [0.717, 1.165) is 17.6 Å². The second kappa shape index (κ2) is 5.77. The molecule has 4 nitrogen and oxygen atoms in total. The highest BCUT2D eigenvalue weighted by atomic mass is 19.1. The lowest BCUT2D eigenvalue weighted by Crippen LogP contribution is -2.55. The highest BCUT2D eigenvalue weighted by molar-refractivity contribution is 6.08. The molecule has 2 aliphatic heterocycles. The second-order valence-electron chi connectivity index (χ2n) is 7.94. The summed E-state index contributed by atoms with van der Waals surface area (Å²) < 4.78 is 20.4. The summed E-state index contributed by atoms with van der Waals surface area (Å²) in [6.45, 7) is 3.84. The van der Waals surface area contributed by atoms with Crippen molar-refractivity contribution in [2.24, 2.45) is 11.8 Å². The summed E-state index contributed by atoms with van der Waals surface area (Å²) in [4.78, 5) is 25.5. The summed E-state index contributed by atoms with van der Waals surface area (Å²) in [5.41, 5.74) is 1.65. The van der Waals surface area contributed by atoms with Gasteiger partial charge in [0.15, 0.2) is 0 Å². The van der Waals surface area contributed by atoms with Crippen molar-refractivity contribution in [2.45, 2.75) is 31.3 Å². The van der Waals surface area contributed by atoms with Gasteiger partial charge in [-0.25, -0.2) is 4.39 Å². The Morgan fingerprint density at radius 3 is 2.75 bits per heavy atom. The molecule has 28 heavy (non-hydrogen) atoms. The van der Waals surface area contributed by atoms with Crippen molar-refractivity contribution in [1.29, 1.82) is 0 Å². The SMILES string of the molecule is C[C@@H]1C(C=O)=C[C@H]2[C@@H](c3ccccc3O[C@@H]2C)[C@@]12C(=O)Nc1ccc(F)cc12. The number of benzene rings is 2. The molecule has 0 radical (unpaired) electrons. The first-order valence-corrected chi connectivity index (χ1v) is 9.52. The van der Waals surface area contributed by atoms with Gasteiger partial charge in [-0.05, 0) is 47.9 Å². The van der Waals surface area contributed by atoms with E-state index < -0.39 is 17.2 Å². The Kier molecular flexibility index (Phi) is 3.54. The topological polar surface area (TPSA) is 55.4 Å². The molecule has 1 aliphatic carbocycles. The molecule has 1 amide bonds. The molecule has 0 unspecified atom stereocenters. The van der Waals surface area contributed by atoms with Gasteiger partial charge in [0.05, 0.1) is 5.41 Å². The third-order valence-corrected chi connectivity index (χ3v) is 6.74. The monoisotopic (exact) mass is 377 g/mol. The number of hydrogen-bond donors (Lipinski definition) is 1. The molecule has 0 bridgehead atoms. The number of rotatable bonds is 1. The Hall–Kier alpha value is -2.95. The van der Waals surface area contributed by atoms with Crippen LogP contribution in [0.25, 0.3) is 0 Å². The van der Waals surface area contributed by atoms with Crippen molar-refractivity contribution >= 4 is 17.9 Å². The van der Waals surface area contributed by atoms with E-state index in [0.29, 0.717) is 16.8 Å². The highest BCUT2D eigenvalue weighted by Gasteiger charge is 2.62. The molecule has 1 spiro atoms. The summed E-state index contributed by atoms with van der Waals surface area (Å²) >= 11 is 0. The summed E-state index contributed by atoms with van der Waals surface area (Å²) in [6.07, 6.45) is 2.55. The zero-order valence-corrected chi connectivity index (χ0v) is 15.6. The number of anilines is 1. The average Bonchev–Trinajstić information content (AvgIpc) is 2.96. The number of allylic oxidation sites excluding steroid dienone is 1. The molecule has 2 aromatic carbocycles. The summed E-state index contributed by atoms with van der Waals surface area (Å²) in [5.74, 6) is -0.669. The average molecular weight is 377 g/mol. The molecule has 0 saturated carbocycles. The molecule has 5 heteroatoms. The Labute approximate surface area is 162 Å². The lowest BCUT2D eigenvalue weighted by atomic mass is 9.52. The smallest absolute Gasteiger partial charge is 0.236 e. The molecule has 5 atom stereocenters. The number of halogens is 1. The van der Waals surface area contributed by atoms with E-state index in [1.807, 2.05) is 44.2 Å². The first-order valence-electron chi connectivity index (χ1n) is 9.52. The Balaban J connectivity index is 1.87. The van der Waals surface area contributed by atoms with Crippen LogP contribution in [0.5, 0.6) is 5.75 Å². The molecule has 0 aromatic heterocycles. The maximum absolute atomic E-state index is 14.3. The molecule has 0 saturated heterocycles. The number of para-hydroxylation sites is 1. The van der Waals surface area contributed by atoms with Crippen LogP contribution in [0.1, 0.15) is 30.9 Å². The van der Waals surface area contributed by atoms with Crippen LogP contribution in [0.3, 0.4) is 0 Å². The zero-order valence-electron chi connectivity index (χ0n) is 15.6. The summed E-state index contributed by atoms with van der Waals surface area (Å²) in [6, 6.07) is 12.1. The quantitative estimate of drug-likeness (QED) is 0.765. The predicted molar refractivity (Wildman–Crippen MR) is 103 cm³/mol. The van der Waals surface area contributed by atoms with Crippen LogP contribution in [0, 0.1) is 17.7 Å². The zero-order chi connectivity index (χ0) is 19.6. The predicted octanol–water partition coefficient (Wildman–Crippen LogP) is 3.97. The number of carbonyl (C=O) groups is 2. The number of aldehydes is 1. The molecule has 2 aromatic rings. The van der Waals surface area contributed by atoms with Crippen LogP contribution >= 0.6 is 0 Å². The molecule has 5 rings (SSSR count). The van der Waals surface area contributed by atoms with Gasteiger partial charge in [-0.1, -0.05) is 31.2 Å². The van der Waals surface area contributed by atoms with Crippen molar-refractivity contribution in [3.8, 4) is 5.75 Å². The Morgan fingerprint density at radius 1 is 1.18 bits per heavy atom. The fraction of sp³-hybridized carbons (Fsp3) is 0.304. The second-order valence-corrected chi connectivity index (χ2v) is 7.94. The molecule has 0 fully saturated rings. The van der Waals surface area contributed by atoms with Crippen LogP contribution in [0.15, 0.2) is 54.1 Å². The van der Waals surface area contributed by atoms with Gasteiger partial charge in [-0.3, -0.25) is 9.59 Å². The van der Waals surface area contributed by atoms with Gasteiger partial charge < -0.3 is 10.1 Å². The van der Waals surface area contributed by atoms with Crippen molar-refractivity contribution < 1.29 is 18.7 Å². The van der Waals surface area contributed by atoms with Crippen molar-refractivity contribution in [1.82, 2.24) is 0 Å². The number of hydrogen-bond acceptors (Lipinski definition) is 3. The molecular weight excluding hydrogens is 357 g/mol. The van der Waals surface area contributed by atoms with Gasteiger partial charge in [0, 0.05) is 23.4 Å². The van der Waals surface area contributed by atoms with Gasteiger partial charge in [-0.15, -0.1) is 0 Å². The maximum Gasteiger partial charge on any atom is 0.236 e. The van der Waals surface area contributed by atoms with Crippen LogP contribution < -0.4 is 10.1 Å². The highest BCUT2D eigenvalue weighted by Crippen LogP contribution is 2.61. The van der Waals surface area contributed by atoms with Crippen LogP contribution in [-0.4, -0.2) is 18.3 Å². The minimum Gasteiger partial charge on any atom is -0.490 e. The van der Waals surface area contributed by atoms with Gasteiger partial charge >= 0.3 is 0 Å². The fourth-order valence-corrected chi connectivity index (χ4v) is 5.48. The summed E-state index contributed by atoms with van der Waals surface area (Å²) in [7, 11) is 0. The molecule has 142 valence electrons. The Morgan fingerprint density at radius 2 is 1.96 bits per heavy atom. The van der Waals surface area contributed by atoms with E-state index in [1.54, 1.807) is 6.07 Å². The standard InChI is InChI=1S/C23H20FNO3/c1-12-14(11-26)9-17-13(2)28-20-6-4-3-5-16(20)21(17)23(12)18-10-15(24)7-8-19(18)25-22(23)27/h3-13,17,21H,1-2H3,(H,25,27)/t12-,13-,17-,21-,23-/m1/s1. The number of fused-ring (bicyclic) bond motifs is 6. The van der Waals surface area contributed by atoms with Gasteiger partial charge in [0.1, 0.15) is 24.0 Å². The number of carbonyl (C=O) groups excluding carboxylic acids is 2. The van der Waals surface area contributed by atoms with Crippen molar-refractivity contribution in [3.63, 3.8) is 0 Å². The van der Waals surface area contributed by atoms with Gasteiger partial charge in [0.25, 0.3) is 0 Å². The first-order chi connectivity index (χ1) is 13.5. The molecular formula is C23H20FNO3. The van der Waals surface area contributed by atoms with Crippen LogP contribution in [0.4, 0.5) is 10.1 Å². The van der Waals surface area contributed by atoms with Crippen LogP contribution in [-0.2, 0) is 15.0 Å². The van der Waals surface area contributed by atoms with E-state index in [1.165, 1.54) is 12.1 Å². The number of amides is 1. The van der Waals surface area contributed by atoms with Crippen LogP contribution in [0.2, 0.25) is 0 Å². The lowest BCUT2D eigenvalue weighted by molar-refractivity contribution is -0.125. The normalized spacial score (nSPS) is 32.5. The Bertz CT molecular complexity index is 1050. The third kappa shape index (κ3) is 1.99. The van der Waals surface area contributed by atoms with Gasteiger partial charge in [0.2, 0.25) is 5.91 Å². The fourth-order valence-electron chi connectivity index (χ4n) is 5.48. The first kappa shape index (κ1) is 17.2. The minimum absolute atomic E-state index is 0.175.